The van der Waals surface area contributed by atoms with Crippen LogP contribution in [0.4, 0.5) is 5.82 Å². The van der Waals surface area contributed by atoms with E-state index in [0.29, 0.717) is 16.8 Å². The third-order valence-electron chi connectivity index (χ3n) is 2.46. The van der Waals surface area contributed by atoms with Crippen LogP contribution in [0.25, 0.3) is 11.7 Å². The van der Waals surface area contributed by atoms with Crippen molar-refractivity contribution >= 4 is 39.4 Å². The molecule has 3 rings (SSSR count). The molecule has 1 amide bonds. The minimum absolute atomic E-state index is 0.136. The zero-order valence-electron chi connectivity index (χ0n) is 11.0. The van der Waals surface area contributed by atoms with E-state index in [4.69, 9.17) is 8.83 Å². The SMILES string of the molecule is O=C(CSc1nnc(-c2ccco2)o1)Nc1ccc(Br)cn1. The minimum Gasteiger partial charge on any atom is -0.459 e. The van der Waals surface area contributed by atoms with E-state index in [9.17, 15) is 4.79 Å². The number of anilines is 1. The molecular formula is C13H9BrN4O3S. The molecule has 9 heteroatoms. The third-order valence-corrected chi connectivity index (χ3v) is 3.75. The van der Waals surface area contributed by atoms with E-state index in [1.54, 1.807) is 30.5 Å². The maximum atomic E-state index is 11.8. The molecule has 3 aromatic heterocycles. The predicted molar refractivity (Wildman–Crippen MR) is 83.3 cm³/mol. The van der Waals surface area contributed by atoms with Gasteiger partial charge in [-0.25, -0.2) is 4.98 Å². The molecule has 0 aromatic carbocycles. The van der Waals surface area contributed by atoms with Crippen LogP contribution in [-0.2, 0) is 4.79 Å². The second-order valence-electron chi connectivity index (χ2n) is 4.05. The summed E-state index contributed by atoms with van der Waals surface area (Å²) in [5.41, 5.74) is 0. The summed E-state index contributed by atoms with van der Waals surface area (Å²) in [5.74, 6) is 1.18. The van der Waals surface area contributed by atoms with Crippen molar-refractivity contribution in [3.63, 3.8) is 0 Å². The fourth-order valence-corrected chi connectivity index (χ4v) is 2.32. The van der Waals surface area contributed by atoms with E-state index in [2.05, 4.69) is 36.4 Å². The molecule has 0 aliphatic carbocycles. The van der Waals surface area contributed by atoms with Gasteiger partial charge in [0.2, 0.25) is 5.91 Å². The Morgan fingerprint density at radius 3 is 2.95 bits per heavy atom. The first kappa shape index (κ1) is 14.8. The zero-order valence-corrected chi connectivity index (χ0v) is 13.4. The van der Waals surface area contributed by atoms with Crippen molar-refractivity contribution in [1.29, 1.82) is 0 Å². The molecule has 7 nitrogen and oxygen atoms in total. The Bertz CT molecular complexity index is 758. The summed E-state index contributed by atoms with van der Waals surface area (Å²) in [4.78, 5) is 15.9. The molecule has 0 fully saturated rings. The fraction of sp³-hybridized carbons (Fsp3) is 0.0769. The minimum atomic E-state index is -0.211. The Balaban J connectivity index is 1.54. The van der Waals surface area contributed by atoms with Crippen LogP contribution in [0, 0.1) is 0 Å². The predicted octanol–water partition coefficient (Wildman–Crippen LogP) is 3.22. The van der Waals surface area contributed by atoms with Gasteiger partial charge in [-0.2, -0.15) is 0 Å². The molecule has 0 radical (unpaired) electrons. The Labute approximate surface area is 137 Å². The monoisotopic (exact) mass is 380 g/mol. The quantitative estimate of drug-likeness (QED) is 0.678. The molecule has 3 aromatic rings. The normalized spacial score (nSPS) is 10.6. The van der Waals surface area contributed by atoms with Crippen LogP contribution in [0.2, 0.25) is 0 Å². The van der Waals surface area contributed by atoms with Gasteiger partial charge in [-0.1, -0.05) is 11.8 Å². The lowest BCUT2D eigenvalue weighted by Gasteiger charge is -2.02. The zero-order chi connectivity index (χ0) is 15.4. The smallest absolute Gasteiger partial charge is 0.284 e. The first-order valence-electron chi connectivity index (χ1n) is 6.12. The fourth-order valence-electron chi connectivity index (χ4n) is 1.52. The molecule has 0 bridgehead atoms. The summed E-state index contributed by atoms with van der Waals surface area (Å²) < 4.78 is 11.4. The number of furan rings is 1. The number of pyridine rings is 1. The van der Waals surface area contributed by atoms with E-state index in [-0.39, 0.29) is 17.6 Å². The Kier molecular flexibility index (Phi) is 4.54. The van der Waals surface area contributed by atoms with Crippen LogP contribution in [-0.4, -0.2) is 26.8 Å². The molecule has 0 aliphatic heterocycles. The Morgan fingerprint density at radius 1 is 1.32 bits per heavy atom. The van der Waals surface area contributed by atoms with Gasteiger partial charge >= 0.3 is 0 Å². The number of amides is 1. The van der Waals surface area contributed by atoms with Crippen molar-refractivity contribution < 1.29 is 13.6 Å². The van der Waals surface area contributed by atoms with Crippen molar-refractivity contribution in [2.75, 3.05) is 11.1 Å². The number of rotatable bonds is 5. The lowest BCUT2D eigenvalue weighted by Crippen LogP contribution is -2.14. The maximum Gasteiger partial charge on any atom is 0.284 e. The van der Waals surface area contributed by atoms with Gasteiger partial charge in [0.15, 0.2) is 5.76 Å². The highest BCUT2D eigenvalue weighted by Gasteiger charge is 2.13. The molecule has 0 atom stereocenters. The van der Waals surface area contributed by atoms with E-state index in [1.165, 1.54) is 6.26 Å². The Hall–Kier alpha value is -2.13. The standard InChI is InChI=1S/C13H9BrN4O3S/c14-8-3-4-10(15-6-8)16-11(19)7-22-13-18-17-12(21-13)9-2-1-5-20-9/h1-6H,7H2,(H,15,16,19). The molecule has 0 spiro atoms. The van der Waals surface area contributed by atoms with Gasteiger partial charge in [0.05, 0.1) is 12.0 Å². The van der Waals surface area contributed by atoms with Crippen LogP contribution in [0.5, 0.6) is 0 Å². The van der Waals surface area contributed by atoms with Gasteiger partial charge in [-0.05, 0) is 40.2 Å². The summed E-state index contributed by atoms with van der Waals surface area (Å²) in [7, 11) is 0. The molecule has 112 valence electrons. The van der Waals surface area contributed by atoms with E-state index in [1.807, 2.05) is 0 Å². The molecule has 3 heterocycles. The summed E-state index contributed by atoms with van der Waals surface area (Å²) in [6, 6.07) is 6.94. The molecule has 0 unspecified atom stereocenters. The molecule has 1 N–H and O–H groups in total. The first-order valence-corrected chi connectivity index (χ1v) is 7.90. The van der Waals surface area contributed by atoms with Crippen molar-refractivity contribution in [2.24, 2.45) is 0 Å². The van der Waals surface area contributed by atoms with Crippen LogP contribution in [0.1, 0.15) is 0 Å². The van der Waals surface area contributed by atoms with Gasteiger partial charge in [0.1, 0.15) is 5.82 Å². The van der Waals surface area contributed by atoms with Crippen molar-refractivity contribution in [3.05, 3.63) is 41.2 Å². The Morgan fingerprint density at radius 2 is 2.23 bits per heavy atom. The number of thioether (sulfide) groups is 1. The number of halogens is 1. The molecular weight excluding hydrogens is 372 g/mol. The van der Waals surface area contributed by atoms with Gasteiger partial charge < -0.3 is 14.2 Å². The number of carbonyl (C=O) groups excluding carboxylic acids is 1. The first-order chi connectivity index (χ1) is 10.7. The average Bonchev–Trinajstić information content (AvgIpc) is 3.18. The summed E-state index contributed by atoms with van der Waals surface area (Å²) in [5, 5.41) is 10.7. The second-order valence-corrected chi connectivity index (χ2v) is 5.89. The van der Waals surface area contributed by atoms with Gasteiger partial charge in [-0.15, -0.1) is 10.2 Å². The van der Waals surface area contributed by atoms with Gasteiger partial charge in [0, 0.05) is 10.7 Å². The summed E-state index contributed by atoms with van der Waals surface area (Å²) >= 11 is 4.42. The molecule has 0 aliphatic rings. The average molecular weight is 381 g/mol. The van der Waals surface area contributed by atoms with Crippen LogP contribution in [0.3, 0.4) is 0 Å². The van der Waals surface area contributed by atoms with E-state index in [0.717, 1.165) is 16.2 Å². The number of nitrogens with one attached hydrogen (secondary N) is 1. The number of hydrogen-bond donors (Lipinski definition) is 1. The topological polar surface area (TPSA) is 94.0 Å². The highest BCUT2D eigenvalue weighted by Crippen LogP contribution is 2.23. The molecule has 22 heavy (non-hydrogen) atoms. The van der Waals surface area contributed by atoms with Crippen LogP contribution < -0.4 is 5.32 Å². The highest BCUT2D eigenvalue weighted by molar-refractivity contribution is 9.10. The number of hydrogen-bond acceptors (Lipinski definition) is 7. The van der Waals surface area contributed by atoms with Crippen molar-refractivity contribution in [1.82, 2.24) is 15.2 Å². The van der Waals surface area contributed by atoms with Crippen molar-refractivity contribution in [3.8, 4) is 11.7 Å². The maximum absolute atomic E-state index is 11.8. The van der Waals surface area contributed by atoms with Crippen LogP contribution in [0.15, 0.2) is 55.3 Å². The van der Waals surface area contributed by atoms with E-state index < -0.39 is 0 Å². The third kappa shape index (κ3) is 3.74. The van der Waals surface area contributed by atoms with E-state index >= 15 is 0 Å². The highest BCUT2D eigenvalue weighted by atomic mass is 79.9. The van der Waals surface area contributed by atoms with Gasteiger partial charge in [-0.3, -0.25) is 4.79 Å². The summed E-state index contributed by atoms with van der Waals surface area (Å²) in [6.07, 6.45) is 3.13. The van der Waals surface area contributed by atoms with Crippen molar-refractivity contribution in [2.45, 2.75) is 5.22 Å². The lowest BCUT2D eigenvalue weighted by atomic mass is 10.4. The molecule has 0 saturated heterocycles. The second kappa shape index (κ2) is 6.75. The lowest BCUT2D eigenvalue weighted by molar-refractivity contribution is -0.113. The van der Waals surface area contributed by atoms with Crippen LogP contribution >= 0.6 is 27.7 Å². The number of aromatic nitrogens is 3. The number of carbonyl (C=O) groups is 1. The number of nitrogens with zero attached hydrogens (tertiary/aromatic N) is 3. The summed E-state index contributed by atoms with van der Waals surface area (Å²) in [6.45, 7) is 0. The van der Waals surface area contributed by atoms with Gasteiger partial charge in [0.25, 0.3) is 11.1 Å². The largest absolute Gasteiger partial charge is 0.459 e. The molecule has 0 saturated carbocycles.